The van der Waals surface area contributed by atoms with Crippen molar-refractivity contribution in [3.63, 3.8) is 0 Å². The molecule has 92 valence electrons. The van der Waals surface area contributed by atoms with Crippen molar-refractivity contribution in [1.29, 1.82) is 0 Å². The summed E-state index contributed by atoms with van der Waals surface area (Å²) in [4.78, 5) is 12.7. The lowest BCUT2D eigenvalue weighted by molar-refractivity contribution is 0.0546. The topological polar surface area (TPSA) is 17.1 Å². The van der Waals surface area contributed by atoms with E-state index in [0.29, 0.717) is 11.7 Å². The first-order valence-corrected chi connectivity index (χ1v) is 6.49. The zero-order chi connectivity index (χ0) is 12.7. The predicted molar refractivity (Wildman–Crippen MR) is 71.1 cm³/mol. The molecule has 2 rings (SSSR count). The number of carbonyl (C=O) groups excluding carboxylic acids is 1. The number of rotatable bonds is 2. The molecule has 1 heteroatoms. The van der Waals surface area contributed by atoms with Crippen molar-refractivity contribution in [2.75, 3.05) is 0 Å². The second-order valence-corrected chi connectivity index (χ2v) is 6.19. The van der Waals surface area contributed by atoms with Crippen LogP contribution in [0.15, 0.2) is 30.3 Å². The van der Waals surface area contributed by atoms with Gasteiger partial charge in [0.2, 0.25) is 0 Å². The highest BCUT2D eigenvalue weighted by molar-refractivity contribution is 6.01. The van der Waals surface area contributed by atoms with Crippen molar-refractivity contribution in [2.24, 2.45) is 16.7 Å². The third-order valence-electron chi connectivity index (χ3n) is 5.27. The highest BCUT2D eigenvalue weighted by Crippen LogP contribution is 2.56. The van der Waals surface area contributed by atoms with E-state index in [1.165, 1.54) is 0 Å². The first-order valence-electron chi connectivity index (χ1n) is 6.49. The van der Waals surface area contributed by atoms with Gasteiger partial charge in [-0.15, -0.1) is 0 Å². The summed E-state index contributed by atoms with van der Waals surface area (Å²) in [6, 6.07) is 9.73. The molecule has 1 saturated carbocycles. The van der Waals surface area contributed by atoms with Crippen molar-refractivity contribution < 1.29 is 4.79 Å². The van der Waals surface area contributed by atoms with E-state index in [9.17, 15) is 4.79 Å². The van der Waals surface area contributed by atoms with E-state index in [1.807, 2.05) is 30.3 Å². The summed E-state index contributed by atoms with van der Waals surface area (Å²) < 4.78 is 0. The van der Waals surface area contributed by atoms with Crippen LogP contribution in [0.1, 0.15) is 50.9 Å². The van der Waals surface area contributed by atoms with Crippen molar-refractivity contribution in [3.05, 3.63) is 35.9 Å². The average molecular weight is 230 g/mol. The number of benzene rings is 1. The van der Waals surface area contributed by atoms with Gasteiger partial charge in [-0.2, -0.15) is 0 Å². The molecule has 2 atom stereocenters. The molecule has 0 heterocycles. The van der Waals surface area contributed by atoms with Crippen molar-refractivity contribution in [3.8, 4) is 0 Å². The molecule has 17 heavy (non-hydrogen) atoms. The maximum absolute atomic E-state index is 12.7. The van der Waals surface area contributed by atoms with Crippen LogP contribution in [0.4, 0.5) is 0 Å². The number of hydrogen-bond acceptors (Lipinski definition) is 1. The third kappa shape index (κ3) is 1.72. The Morgan fingerprint density at radius 3 is 2.24 bits per heavy atom. The second kappa shape index (κ2) is 3.97. The first-order chi connectivity index (χ1) is 7.89. The summed E-state index contributed by atoms with van der Waals surface area (Å²) in [6.45, 7) is 8.90. The van der Waals surface area contributed by atoms with Crippen LogP contribution in [-0.2, 0) is 0 Å². The molecule has 0 aromatic heterocycles. The molecule has 1 aromatic rings. The minimum Gasteiger partial charge on any atom is -0.294 e. The molecule has 0 spiro atoms. The standard InChI is InChI=1S/C16H22O/c1-12-10-11-16(4,15(12,2)3)14(17)13-8-6-5-7-9-13/h5-9,12H,10-11H2,1-4H3. The smallest absolute Gasteiger partial charge is 0.169 e. The second-order valence-electron chi connectivity index (χ2n) is 6.19. The van der Waals surface area contributed by atoms with Crippen LogP contribution in [0.25, 0.3) is 0 Å². The van der Waals surface area contributed by atoms with Crippen LogP contribution in [0.2, 0.25) is 0 Å². The highest BCUT2D eigenvalue weighted by atomic mass is 16.1. The quantitative estimate of drug-likeness (QED) is 0.691. The van der Waals surface area contributed by atoms with Crippen LogP contribution in [0.5, 0.6) is 0 Å². The summed E-state index contributed by atoms with van der Waals surface area (Å²) >= 11 is 0. The van der Waals surface area contributed by atoms with E-state index < -0.39 is 0 Å². The van der Waals surface area contributed by atoms with Crippen LogP contribution < -0.4 is 0 Å². The molecule has 2 unspecified atom stereocenters. The summed E-state index contributed by atoms with van der Waals surface area (Å²) in [5.41, 5.74) is 0.727. The zero-order valence-electron chi connectivity index (χ0n) is 11.3. The van der Waals surface area contributed by atoms with E-state index in [0.717, 1.165) is 18.4 Å². The lowest BCUT2D eigenvalue weighted by atomic mass is 9.63. The van der Waals surface area contributed by atoms with Gasteiger partial charge in [0.05, 0.1) is 0 Å². The lowest BCUT2D eigenvalue weighted by Gasteiger charge is -2.39. The summed E-state index contributed by atoms with van der Waals surface area (Å²) in [5.74, 6) is 0.924. The van der Waals surface area contributed by atoms with Crippen molar-refractivity contribution in [1.82, 2.24) is 0 Å². The highest BCUT2D eigenvalue weighted by Gasteiger charge is 2.53. The molecule has 0 saturated heterocycles. The molecular formula is C16H22O. The van der Waals surface area contributed by atoms with E-state index in [-0.39, 0.29) is 10.8 Å². The molecule has 1 aromatic carbocycles. The Morgan fingerprint density at radius 2 is 1.76 bits per heavy atom. The van der Waals surface area contributed by atoms with Crippen molar-refractivity contribution >= 4 is 5.78 Å². The van der Waals surface area contributed by atoms with Gasteiger partial charge < -0.3 is 0 Å². The van der Waals surface area contributed by atoms with E-state index in [1.54, 1.807) is 0 Å². The third-order valence-corrected chi connectivity index (χ3v) is 5.27. The van der Waals surface area contributed by atoms with Gasteiger partial charge in [0.15, 0.2) is 5.78 Å². The molecule has 1 aliphatic carbocycles. The van der Waals surface area contributed by atoms with Gasteiger partial charge >= 0.3 is 0 Å². The fourth-order valence-corrected chi connectivity index (χ4v) is 3.05. The van der Waals surface area contributed by atoms with Crippen LogP contribution in [0, 0.1) is 16.7 Å². The van der Waals surface area contributed by atoms with E-state index >= 15 is 0 Å². The Kier molecular flexibility index (Phi) is 2.89. The Morgan fingerprint density at radius 1 is 1.18 bits per heavy atom. The molecular weight excluding hydrogens is 208 g/mol. The van der Waals surface area contributed by atoms with Crippen molar-refractivity contribution in [2.45, 2.75) is 40.5 Å². The van der Waals surface area contributed by atoms with E-state index in [2.05, 4.69) is 27.7 Å². The fourth-order valence-electron chi connectivity index (χ4n) is 3.05. The van der Waals surface area contributed by atoms with Crippen LogP contribution in [-0.4, -0.2) is 5.78 Å². The van der Waals surface area contributed by atoms with Gasteiger partial charge in [0.25, 0.3) is 0 Å². The normalized spacial score (nSPS) is 31.4. The summed E-state index contributed by atoms with van der Waals surface area (Å²) in [7, 11) is 0. The molecule has 1 nitrogen and oxygen atoms in total. The largest absolute Gasteiger partial charge is 0.294 e. The van der Waals surface area contributed by atoms with Gasteiger partial charge in [-0.1, -0.05) is 58.0 Å². The van der Waals surface area contributed by atoms with E-state index in [4.69, 9.17) is 0 Å². The zero-order valence-corrected chi connectivity index (χ0v) is 11.3. The monoisotopic (exact) mass is 230 g/mol. The molecule has 0 aliphatic heterocycles. The molecule has 0 radical (unpaired) electrons. The molecule has 1 fully saturated rings. The van der Waals surface area contributed by atoms with Gasteiger partial charge in [-0.25, -0.2) is 0 Å². The molecule has 1 aliphatic rings. The lowest BCUT2D eigenvalue weighted by Crippen LogP contribution is -2.40. The minimum atomic E-state index is -0.215. The van der Waals surface area contributed by atoms with Crippen LogP contribution in [0.3, 0.4) is 0 Å². The Labute approximate surface area is 104 Å². The molecule has 0 N–H and O–H groups in total. The van der Waals surface area contributed by atoms with Gasteiger partial charge in [-0.3, -0.25) is 4.79 Å². The van der Waals surface area contributed by atoms with Crippen LogP contribution >= 0.6 is 0 Å². The maximum atomic E-state index is 12.7. The Hall–Kier alpha value is -1.11. The Bertz CT molecular complexity index is 418. The van der Waals surface area contributed by atoms with Gasteiger partial charge in [0, 0.05) is 11.0 Å². The minimum absolute atomic E-state index is 0.0833. The number of Topliss-reactive ketones (excluding diaryl/α,β-unsaturated/α-hetero) is 1. The number of carbonyl (C=O) groups is 1. The number of hydrogen-bond donors (Lipinski definition) is 0. The Balaban J connectivity index is 2.38. The molecule has 0 bridgehead atoms. The summed E-state index contributed by atoms with van der Waals surface area (Å²) in [6.07, 6.45) is 2.16. The van der Waals surface area contributed by atoms with Gasteiger partial charge in [-0.05, 0) is 24.2 Å². The first kappa shape index (κ1) is 12.3. The fraction of sp³-hybridized carbons (Fsp3) is 0.562. The number of ketones is 1. The SMILES string of the molecule is CC1CCC(C)(C(=O)c2ccccc2)C1(C)C. The van der Waals surface area contributed by atoms with Gasteiger partial charge in [0.1, 0.15) is 0 Å². The maximum Gasteiger partial charge on any atom is 0.169 e. The average Bonchev–Trinajstić information content (AvgIpc) is 2.54. The molecule has 0 amide bonds. The summed E-state index contributed by atoms with van der Waals surface area (Å²) in [5, 5.41) is 0. The predicted octanol–water partition coefficient (Wildman–Crippen LogP) is 4.33.